The molecule has 15 heavy (non-hydrogen) atoms. The van der Waals surface area contributed by atoms with Gasteiger partial charge in [-0.1, -0.05) is 15.9 Å². The van der Waals surface area contributed by atoms with Crippen molar-refractivity contribution in [1.29, 1.82) is 0 Å². The zero-order valence-electron chi connectivity index (χ0n) is 7.72. The molecule has 2 aromatic rings. The van der Waals surface area contributed by atoms with Gasteiger partial charge in [-0.15, -0.1) is 0 Å². The summed E-state index contributed by atoms with van der Waals surface area (Å²) in [6, 6.07) is 3.81. The van der Waals surface area contributed by atoms with E-state index in [9.17, 15) is 5.11 Å². The van der Waals surface area contributed by atoms with Crippen molar-refractivity contribution in [3.05, 3.63) is 16.6 Å². The molecule has 0 bridgehead atoms. The monoisotopic (exact) mass is 269 g/mol. The summed E-state index contributed by atoms with van der Waals surface area (Å²) in [5, 5.41) is 16.9. The highest BCUT2D eigenvalue weighted by molar-refractivity contribution is 9.10. The molecule has 0 unspecified atom stereocenters. The fraction of sp³-hybridized carbons (Fsp3) is 0.333. The second-order valence-electron chi connectivity index (χ2n) is 3.62. The Morgan fingerprint density at radius 2 is 2.20 bits per heavy atom. The fourth-order valence-corrected chi connectivity index (χ4v) is 2.17. The molecule has 1 aromatic carbocycles. The van der Waals surface area contributed by atoms with Crippen LogP contribution >= 0.6 is 15.9 Å². The number of fused-ring (bicyclic) bond motifs is 1. The van der Waals surface area contributed by atoms with Gasteiger partial charge in [-0.05, 0) is 22.4 Å². The van der Waals surface area contributed by atoms with E-state index < -0.39 is 0 Å². The van der Waals surface area contributed by atoms with Gasteiger partial charge in [0.25, 0.3) is 0 Å². The number of aromatic nitrogens is 2. The molecular formula is C9H8BrN3O2. The number of aliphatic hydroxyl groups is 1. The molecular weight excluding hydrogens is 262 g/mol. The lowest BCUT2D eigenvalue weighted by Crippen LogP contribution is -2.50. The molecule has 1 aliphatic rings. The number of hydrogen-bond acceptors (Lipinski definition) is 5. The minimum atomic E-state index is -0.237. The topological polar surface area (TPSA) is 62.4 Å². The number of aliphatic hydroxyl groups excluding tert-OH is 1. The van der Waals surface area contributed by atoms with Crippen LogP contribution in [0.5, 0.6) is 0 Å². The third-order valence-electron chi connectivity index (χ3n) is 2.51. The molecule has 6 heteroatoms. The van der Waals surface area contributed by atoms with E-state index in [4.69, 9.17) is 4.63 Å². The summed E-state index contributed by atoms with van der Waals surface area (Å²) in [7, 11) is 0. The van der Waals surface area contributed by atoms with Crippen LogP contribution in [0.3, 0.4) is 0 Å². The number of rotatable bonds is 1. The van der Waals surface area contributed by atoms with Gasteiger partial charge in [-0.25, -0.2) is 4.63 Å². The summed E-state index contributed by atoms with van der Waals surface area (Å²) in [6.07, 6.45) is -0.237. The highest BCUT2D eigenvalue weighted by Crippen LogP contribution is 2.31. The van der Waals surface area contributed by atoms with Crippen molar-refractivity contribution < 1.29 is 9.74 Å². The van der Waals surface area contributed by atoms with Crippen LogP contribution in [-0.4, -0.2) is 34.6 Å². The summed E-state index contributed by atoms with van der Waals surface area (Å²) in [4.78, 5) is 2.04. The number of β-amino-alcohol motifs (C(OH)–C–C–N with tert-alkyl or cyclic N) is 1. The van der Waals surface area contributed by atoms with Crippen molar-refractivity contribution in [2.75, 3.05) is 18.0 Å². The van der Waals surface area contributed by atoms with Crippen LogP contribution in [0.2, 0.25) is 0 Å². The Balaban J connectivity index is 2.12. The number of nitrogens with zero attached hydrogens (tertiary/aromatic N) is 3. The lowest BCUT2D eigenvalue weighted by Gasteiger charge is -2.37. The highest BCUT2D eigenvalue weighted by Gasteiger charge is 2.27. The van der Waals surface area contributed by atoms with Crippen molar-refractivity contribution in [2.24, 2.45) is 0 Å². The van der Waals surface area contributed by atoms with Gasteiger partial charge in [0.1, 0.15) is 5.52 Å². The maximum atomic E-state index is 9.26. The SMILES string of the molecule is OC1CN(c2cc(Br)cc3nonc23)C1. The zero-order chi connectivity index (χ0) is 10.4. The first-order valence-corrected chi connectivity index (χ1v) is 5.38. The first kappa shape index (κ1) is 9.11. The minimum Gasteiger partial charge on any atom is -0.389 e. The Kier molecular flexibility index (Phi) is 1.93. The van der Waals surface area contributed by atoms with Gasteiger partial charge in [-0.2, -0.15) is 0 Å². The quantitative estimate of drug-likeness (QED) is 0.842. The summed E-state index contributed by atoms with van der Waals surface area (Å²) in [5.41, 5.74) is 2.41. The average molecular weight is 270 g/mol. The van der Waals surface area contributed by atoms with Crippen molar-refractivity contribution in [1.82, 2.24) is 10.3 Å². The predicted molar refractivity (Wildman–Crippen MR) is 57.7 cm³/mol. The average Bonchev–Trinajstić information content (AvgIpc) is 2.59. The summed E-state index contributed by atoms with van der Waals surface area (Å²) in [6.45, 7) is 1.27. The maximum Gasteiger partial charge on any atom is 0.158 e. The molecule has 1 aromatic heterocycles. The summed E-state index contributed by atoms with van der Waals surface area (Å²) in [5.74, 6) is 0. The van der Waals surface area contributed by atoms with Crippen LogP contribution in [0.25, 0.3) is 11.0 Å². The van der Waals surface area contributed by atoms with Crippen LogP contribution in [-0.2, 0) is 0 Å². The molecule has 0 aliphatic carbocycles. The van der Waals surface area contributed by atoms with E-state index in [0.717, 1.165) is 21.2 Å². The van der Waals surface area contributed by atoms with Gasteiger partial charge in [0, 0.05) is 17.6 Å². The molecule has 0 spiro atoms. The van der Waals surface area contributed by atoms with Crippen molar-refractivity contribution in [3.8, 4) is 0 Å². The van der Waals surface area contributed by atoms with Crippen molar-refractivity contribution in [3.63, 3.8) is 0 Å². The molecule has 1 saturated heterocycles. The Morgan fingerprint density at radius 3 is 2.93 bits per heavy atom. The maximum absolute atomic E-state index is 9.26. The lowest BCUT2D eigenvalue weighted by molar-refractivity contribution is 0.142. The molecule has 78 valence electrons. The number of halogens is 1. The van der Waals surface area contributed by atoms with Gasteiger partial charge in [0.05, 0.1) is 11.8 Å². The third kappa shape index (κ3) is 1.40. The van der Waals surface area contributed by atoms with E-state index in [-0.39, 0.29) is 6.10 Å². The molecule has 0 atom stereocenters. The molecule has 0 saturated carbocycles. The van der Waals surface area contributed by atoms with Crippen LogP contribution in [0.15, 0.2) is 21.2 Å². The summed E-state index contributed by atoms with van der Waals surface area (Å²) < 4.78 is 5.63. The number of benzene rings is 1. The van der Waals surface area contributed by atoms with E-state index >= 15 is 0 Å². The summed E-state index contributed by atoms with van der Waals surface area (Å²) >= 11 is 3.41. The number of anilines is 1. The molecule has 1 N–H and O–H groups in total. The first-order valence-electron chi connectivity index (χ1n) is 4.59. The van der Waals surface area contributed by atoms with Gasteiger partial charge < -0.3 is 10.0 Å². The van der Waals surface area contributed by atoms with E-state index in [1.54, 1.807) is 0 Å². The second-order valence-corrected chi connectivity index (χ2v) is 4.53. The van der Waals surface area contributed by atoms with Gasteiger partial charge in [0.2, 0.25) is 0 Å². The van der Waals surface area contributed by atoms with Gasteiger partial charge >= 0.3 is 0 Å². The Labute approximate surface area is 93.8 Å². The van der Waals surface area contributed by atoms with Crippen LogP contribution in [0.1, 0.15) is 0 Å². The minimum absolute atomic E-state index is 0.237. The zero-order valence-corrected chi connectivity index (χ0v) is 9.31. The Hall–Kier alpha value is -1.14. The van der Waals surface area contributed by atoms with Gasteiger partial charge in [0.15, 0.2) is 5.52 Å². The fourth-order valence-electron chi connectivity index (χ4n) is 1.73. The first-order chi connectivity index (χ1) is 7.24. The molecule has 2 heterocycles. The Morgan fingerprint density at radius 1 is 1.40 bits per heavy atom. The predicted octanol–water partition coefficient (Wildman–Crippen LogP) is 1.17. The van der Waals surface area contributed by atoms with Crippen LogP contribution < -0.4 is 4.90 Å². The largest absolute Gasteiger partial charge is 0.389 e. The van der Waals surface area contributed by atoms with Crippen LogP contribution in [0.4, 0.5) is 5.69 Å². The highest BCUT2D eigenvalue weighted by atomic mass is 79.9. The molecule has 5 nitrogen and oxygen atoms in total. The lowest BCUT2D eigenvalue weighted by atomic mass is 10.1. The van der Waals surface area contributed by atoms with Crippen molar-refractivity contribution >= 4 is 32.7 Å². The molecule has 1 fully saturated rings. The normalized spacial score (nSPS) is 17.1. The molecule has 0 radical (unpaired) electrons. The standard InChI is InChI=1S/C9H8BrN3O2/c10-5-1-7-9(12-15-11-7)8(2-5)13-3-6(14)4-13/h1-2,6,14H,3-4H2. The smallest absolute Gasteiger partial charge is 0.158 e. The molecule has 3 rings (SSSR count). The van der Waals surface area contributed by atoms with E-state index in [2.05, 4.69) is 26.2 Å². The second kappa shape index (κ2) is 3.18. The molecule has 1 aliphatic heterocycles. The van der Waals surface area contributed by atoms with E-state index in [1.807, 2.05) is 17.0 Å². The number of hydrogen-bond donors (Lipinski definition) is 1. The third-order valence-corrected chi connectivity index (χ3v) is 2.97. The van der Waals surface area contributed by atoms with Crippen molar-refractivity contribution in [2.45, 2.75) is 6.10 Å². The van der Waals surface area contributed by atoms with E-state index in [1.165, 1.54) is 0 Å². The Bertz CT molecular complexity index is 507. The van der Waals surface area contributed by atoms with Gasteiger partial charge in [-0.3, -0.25) is 0 Å². The van der Waals surface area contributed by atoms with E-state index in [0.29, 0.717) is 13.1 Å². The van der Waals surface area contributed by atoms with Crippen LogP contribution in [0, 0.1) is 0 Å². The molecule has 0 amide bonds.